The fourth-order valence-corrected chi connectivity index (χ4v) is 2.33. The molecule has 21 heavy (non-hydrogen) atoms. The lowest BCUT2D eigenvalue weighted by atomic mass is 10.1. The molecule has 2 aromatic rings. The van der Waals surface area contributed by atoms with Crippen molar-refractivity contribution >= 4 is 0 Å². The third-order valence-corrected chi connectivity index (χ3v) is 3.43. The fraction of sp³-hybridized carbons (Fsp3) is 0.500. The Hall–Kier alpha value is -1.72. The summed E-state index contributed by atoms with van der Waals surface area (Å²) >= 11 is 0. The van der Waals surface area contributed by atoms with E-state index in [-0.39, 0.29) is 6.61 Å². The number of hydrogen-bond acceptors (Lipinski definition) is 5. The second-order valence-electron chi connectivity index (χ2n) is 5.21. The molecule has 1 aromatic heterocycles. The third kappa shape index (κ3) is 4.65. The standard InChI is InChI=1S/C16H23N3O2/c1-3-8-19(9-10-20)12-15-17-16(21-18-15)11-14-7-5-4-6-13(14)2/h4-7,20H,3,8-12H2,1-2H3. The van der Waals surface area contributed by atoms with Gasteiger partial charge < -0.3 is 9.63 Å². The number of benzene rings is 1. The predicted molar refractivity (Wildman–Crippen MR) is 80.9 cm³/mol. The Morgan fingerprint density at radius 1 is 1.24 bits per heavy atom. The number of hydrogen-bond donors (Lipinski definition) is 1. The molecule has 0 saturated heterocycles. The molecule has 0 aliphatic rings. The SMILES string of the molecule is CCCN(CCO)Cc1noc(Cc2ccccc2C)n1. The molecule has 0 bridgehead atoms. The molecule has 0 spiro atoms. The van der Waals surface area contributed by atoms with Crippen LogP contribution in [0.3, 0.4) is 0 Å². The zero-order valence-corrected chi connectivity index (χ0v) is 12.7. The molecule has 0 radical (unpaired) electrons. The average Bonchev–Trinajstić information content (AvgIpc) is 2.89. The van der Waals surface area contributed by atoms with Gasteiger partial charge in [0.1, 0.15) is 0 Å². The molecule has 0 aliphatic carbocycles. The topological polar surface area (TPSA) is 62.4 Å². The van der Waals surface area contributed by atoms with Crippen LogP contribution in [0.1, 0.15) is 36.2 Å². The minimum atomic E-state index is 0.147. The van der Waals surface area contributed by atoms with Gasteiger partial charge in [0, 0.05) is 6.54 Å². The van der Waals surface area contributed by atoms with Crippen molar-refractivity contribution in [3.63, 3.8) is 0 Å². The Kier molecular flexibility index (Phi) is 5.90. The molecular weight excluding hydrogens is 266 g/mol. The molecule has 1 heterocycles. The molecular formula is C16H23N3O2. The molecule has 0 aliphatic heterocycles. The van der Waals surface area contributed by atoms with Gasteiger partial charge >= 0.3 is 0 Å². The maximum Gasteiger partial charge on any atom is 0.231 e. The van der Waals surface area contributed by atoms with Crippen molar-refractivity contribution in [2.24, 2.45) is 0 Å². The van der Waals surface area contributed by atoms with Crippen molar-refractivity contribution in [3.8, 4) is 0 Å². The van der Waals surface area contributed by atoms with Crippen LogP contribution >= 0.6 is 0 Å². The lowest BCUT2D eigenvalue weighted by molar-refractivity contribution is 0.186. The Labute approximate surface area is 125 Å². The van der Waals surface area contributed by atoms with E-state index in [4.69, 9.17) is 9.63 Å². The van der Waals surface area contributed by atoms with Crippen molar-refractivity contribution in [2.45, 2.75) is 33.2 Å². The fourth-order valence-electron chi connectivity index (χ4n) is 2.33. The lowest BCUT2D eigenvalue weighted by Gasteiger charge is -2.17. The maximum absolute atomic E-state index is 9.07. The summed E-state index contributed by atoms with van der Waals surface area (Å²) in [5.41, 5.74) is 2.43. The molecule has 1 aromatic carbocycles. The summed E-state index contributed by atoms with van der Waals surface area (Å²) in [4.78, 5) is 6.58. The highest BCUT2D eigenvalue weighted by Crippen LogP contribution is 2.12. The van der Waals surface area contributed by atoms with Crippen LogP contribution < -0.4 is 0 Å². The quantitative estimate of drug-likeness (QED) is 0.807. The first kappa shape index (κ1) is 15.7. The van der Waals surface area contributed by atoms with Crippen LogP contribution in [0.2, 0.25) is 0 Å². The van der Waals surface area contributed by atoms with Gasteiger partial charge in [0.15, 0.2) is 5.82 Å². The van der Waals surface area contributed by atoms with Gasteiger partial charge in [-0.05, 0) is 31.0 Å². The smallest absolute Gasteiger partial charge is 0.231 e. The van der Waals surface area contributed by atoms with Crippen LogP contribution in [0.4, 0.5) is 0 Å². The number of nitrogens with zero attached hydrogens (tertiary/aromatic N) is 3. The third-order valence-electron chi connectivity index (χ3n) is 3.43. The Morgan fingerprint density at radius 3 is 2.76 bits per heavy atom. The van der Waals surface area contributed by atoms with E-state index in [1.54, 1.807) is 0 Å². The maximum atomic E-state index is 9.07. The number of aryl methyl sites for hydroxylation is 1. The van der Waals surface area contributed by atoms with Gasteiger partial charge in [-0.1, -0.05) is 36.3 Å². The van der Waals surface area contributed by atoms with E-state index in [9.17, 15) is 0 Å². The Bertz CT molecular complexity index is 548. The second-order valence-corrected chi connectivity index (χ2v) is 5.21. The highest BCUT2D eigenvalue weighted by atomic mass is 16.5. The number of rotatable bonds is 8. The zero-order valence-electron chi connectivity index (χ0n) is 12.7. The van der Waals surface area contributed by atoms with E-state index in [0.717, 1.165) is 13.0 Å². The van der Waals surface area contributed by atoms with Gasteiger partial charge in [0.05, 0.1) is 19.6 Å². The molecule has 5 nitrogen and oxygen atoms in total. The largest absolute Gasteiger partial charge is 0.395 e. The predicted octanol–water partition coefficient (Wildman–Crippen LogP) is 2.17. The monoisotopic (exact) mass is 289 g/mol. The Balaban J connectivity index is 1.99. The van der Waals surface area contributed by atoms with Crippen LogP contribution in [-0.4, -0.2) is 39.8 Å². The summed E-state index contributed by atoms with van der Waals surface area (Å²) < 4.78 is 5.33. The molecule has 0 unspecified atom stereocenters. The summed E-state index contributed by atoms with van der Waals surface area (Å²) in [7, 11) is 0. The summed E-state index contributed by atoms with van der Waals surface area (Å²) in [6.45, 7) is 6.51. The number of aliphatic hydroxyl groups is 1. The van der Waals surface area contributed by atoms with Crippen LogP contribution in [0.5, 0.6) is 0 Å². The first-order valence-corrected chi connectivity index (χ1v) is 7.42. The molecule has 1 N–H and O–H groups in total. The van der Waals surface area contributed by atoms with Crippen LogP contribution in [-0.2, 0) is 13.0 Å². The minimum absolute atomic E-state index is 0.147. The highest BCUT2D eigenvalue weighted by Gasteiger charge is 2.12. The van der Waals surface area contributed by atoms with Gasteiger partial charge in [0.25, 0.3) is 0 Å². The van der Waals surface area contributed by atoms with Crippen molar-refractivity contribution in [3.05, 3.63) is 47.1 Å². The Morgan fingerprint density at radius 2 is 2.05 bits per heavy atom. The van der Waals surface area contributed by atoms with E-state index < -0.39 is 0 Å². The molecule has 2 rings (SSSR count). The minimum Gasteiger partial charge on any atom is -0.395 e. The summed E-state index contributed by atoms with van der Waals surface area (Å²) in [5, 5.41) is 13.1. The van der Waals surface area contributed by atoms with Crippen LogP contribution in [0, 0.1) is 6.92 Å². The molecule has 114 valence electrons. The average molecular weight is 289 g/mol. The molecule has 0 fully saturated rings. The van der Waals surface area contributed by atoms with E-state index in [0.29, 0.717) is 31.2 Å². The summed E-state index contributed by atoms with van der Waals surface area (Å²) in [6.07, 6.45) is 1.70. The van der Waals surface area contributed by atoms with E-state index in [2.05, 4.69) is 41.0 Å². The summed E-state index contributed by atoms with van der Waals surface area (Å²) in [5.74, 6) is 1.32. The van der Waals surface area contributed by atoms with Crippen molar-refractivity contribution in [2.75, 3.05) is 19.7 Å². The van der Waals surface area contributed by atoms with Gasteiger partial charge in [-0.15, -0.1) is 0 Å². The van der Waals surface area contributed by atoms with Crippen molar-refractivity contribution in [1.29, 1.82) is 0 Å². The van der Waals surface area contributed by atoms with Gasteiger partial charge in [0.2, 0.25) is 5.89 Å². The molecule has 0 atom stereocenters. The highest BCUT2D eigenvalue weighted by molar-refractivity contribution is 5.27. The van der Waals surface area contributed by atoms with Crippen molar-refractivity contribution < 1.29 is 9.63 Å². The van der Waals surface area contributed by atoms with Gasteiger partial charge in [-0.25, -0.2) is 0 Å². The van der Waals surface area contributed by atoms with Crippen LogP contribution in [0.15, 0.2) is 28.8 Å². The molecule has 0 amide bonds. The normalized spacial score (nSPS) is 11.2. The zero-order chi connectivity index (χ0) is 15.1. The first-order chi connectivity index (χ1) is 10.2. The summed E-state index contributed by atoms with van der Waals surface area (Å²) in [6, 6.07) is 8.20. The van der Waals surface area contributed by atoms with E-state index >= 15 is 0 Å². The van der Waals surface area contributed by atoms with E-state index in [1.165, 1.54) is 11.1 Å². The second kappa shape index (κ2) is 7.90. The van der Waals surface area contributed by atoms with Crippen molar-refractivity contribution in [1.82, 2.24) is 15.0 Å². The number of aromatic nitrogens is 2. The van der Waals surface area contributed by atoms with Crippen LogP contribution in [0.25, 0.3) is 0 Å². The number of aliphatic hydroxyl groups excluding tert-OH is 1. The van der Waals surface area contributed by atoms with E-state index in [1.807, 2.05) is 12.1 Å². The lowest BCUT2D eigenvalue weighted by Crippen LogP contribution is -2.27. The van der Waals surface area contributed by atoms with Gasteiger partial charge in [-0.2, -0.15) is 4.98 Å². The first-order valence-electron chi connectivity index (χ1n) is 7.42. The molecule has 5 heteroatoms. The molecule has 0 saturated carbocycles. The van der Waals surface area contributed by atoms with Gasteiger partial charge in [-0.3, -0.25) is 4.90 Å².